The number of carbonyl (C=O) groups excluding carboxylic acids is 1. The fourth-order valence-corrected chi connectivity index (χ4v) is 3.14. The molecule has 2 aromatic heterocycles. The van der Waals surface area contributed by atoms with Gasteiger partial charge in [-0.2, -0.15) is 0 Å². The smallest absolute Gasteiger partial charge is 0.242 e. The highest BCUT2D eigenvalue weighted by Gasteiger charge is 2.23. The first kappa shape index (κ1) is 14.6. The standard InChI is InChI=1S/C13H19N5OS/c1-3-10(4-2)13(11-6-5-7-20-11)15-12(19)8-18-9-14-16-17-18/h5-7,9-10,13H,3-4,8H2,1-2H3,(H,15,19). The molecule has 1 unspecified atom stereocenters. The van der Waals surface area contributed by atoms with E-state index in [-0.39, 0.29) is 18.5 Å². The Morgan fingerprint density at radius 3 is 2.80 bits per heavy atom. The van der Waals surface area contributed by atoms with Crippen molar-refractivity contribution in [1.82, 2.24) is 25.5 Å². The molecule has 108 valence electrons. The Labute approximate surface area is 122 Å². The Bertz CT molecular complexity index is 507. The minimum absolute atomic E-state index is 0.0639. The molecule has 0 aliphatic rings. The zero-order valence-corrected chi connectivity index (χ0v) is 12.5. The molecule has 0 spiro atoms. The third kappa shape index (κ3) is 3.63. The molecule has 0 fully saturated rings. The first-order chi connectivity index (χ1) is 9.74. The van der Waals surface area contributed by atoms with E-state index >= 15 is 0 Å². The zero-order valence-electron chi connectivity index (χ0n) is 11.7. The summed E-state index contributed by atoms with van der Waals surface area (Å²) < 4.78 is 1.42. The van der Waals surface area contributed by atoms with Crippen molar-refractivity contribution >= 4 is 17.2 Å². The van der Waals surface area contributed by atoms with Gasteiger partial charge in [0.25, 0.3) is 0 Å². The van der Waals surface area contributed by atoms with E-state index in [4.69, 9.17) is 0 Å². The van der Waals surface area contributed by atoms with Gasteiger partial charge in [0.05, 0.1) is 6.04 Å². The van der Waals surface area contributed by atoms with Crippen LogP contribution in [0, 0.1) is 5.92 Å². The third-order valence-corrected chi connectivity index (χ3v) is 4.34. The minimum atomic E-state index is -0.0670. The van der Waals surface area contributed by atoms with Crippen LogP contribution in [-0.4, -0.2) is 26.1 Å². The third-order valence-electron chi connectivity index (χ3n) is 3.38. The first-order valence-corrected chi connectivity index (χ1v) is 7.66. The molecule has 2 aromatic rings. The molecule has 0 aromatic carbocycles. The van der Waals surface area contributed by atoms with Gasteiger partial charge in [-0.25, -0.2) is 4.68 Å². The molecule has 2 heterocycles. The summed E-state index contributed by atoms with van der Waals surface area (Å²) in [6.07, 6.45) is 3.51. The SMILES string of the molecule is CCC(CC)C(NC(=O)Cn1cnnn1)c1cccs1. The second-order valence-corrected chi connectivity index (χ2v) is 5.62. The summed E-state index contributed by atoms with van der Waals surface area (Å²) >= 11 is 1.68. The number of rotatable bonds is 7. The predicted octanol–water partition coefficient (Wildman–Crippen LogP) is 2.03. The maximum absolute atomic E-state index is 12.1. The molecule has 20 heavy (non-hydrogen) atoms. The van der Waals surface area contributed by atoms with Gasteiger partial charge in [-0.1, -0.05) is 32.8 Å². The van der Waals surface area contributed by atoms with E-state index in [2.05, 4.69) is 40.8 Å². The molecule has 0 saturated carbocycles. The maximum atomic E-state index is 12.1. The lowest BCUT2D eigenvalue weighted by Gasteiger charge is -2.25. The Kier molecular flexibility index (Phi) is 5.23. The summed E-state index contributed by atoms with van der Waals surface area (Å²) in [5.74, 6) is 0.370. The number of amides is 1. The molecule has 6 nitrogen and oxygen atoms in total. The molecule has 7 heteroatoms. The van der Waals surface area contributed by atoms with Crippen LogP contribution in [0.5, 0.6) is 0 Å². The maximum Gasteiger partial charge on any atom is 0.242 e. The van der Waals surface area contributed by atoms with Gasteiger partial charge >= 0.3 is 0 Å². The van der Waals surface area contributed by atoms with Crippen LogP contribution in [0.4, 0.5) is 0 Å². The molecule has 1 amide bonds. The molecule has 2 rings (SSSR count). The van der Waals surface area contributed by atoms with Gasteiger partial charge in [0.2, 0.25) is 5.91 Å². The molecule has 1 N–H and O–H groups in total. The summed E-state index contributed by atoms with van der Waals surface area (Å²) in [6, 6.07) is 4.15. The summed E-state index contributed by atoms with van der Waals surface area (Å²) in [5, 5.41) is 15.9. The van der Waals surface area contributed by atoms with Crippen LogP contribution < -0.4 is 5.32 Å². The van der Waals surface area contributed by atoms with E-state index in [1.54, 1.807) is 11.3 Å². The van der Waals surface area contributed by atoms with E-state index in [9.17, 15) is 4.79 Å². The van der Waals surface area contributed by atoms with Gasteiger partial charge in [-0.15, -0.1) is 16.4 Å². The average Bonchev–Trinajstić information content (AvgIpc) is 3.11. The minimum Gasteiger partial charge on any atom is -0.347 e. The molecule has 0 bridgehead atoms. The van der Waals surface area contributed by atoms with Gasteiger partial charge in [-0.05, 0) is 27.8 Å². The van der Waals surface area contributed by atoms with E-state index in [0.717, 1.165) is 12.8 Å². The molecule has 0 radical (unpaired) electrons. The van der Waals surface area contributed by atoms with Crippen LogP contribution >= 0.6 is 11.3 Å². The van der Waals surface area contributed by atoms with Crippen molar-refractivity contribution in [3.05, 3.63) is 28.7 Å². The first-order valence-electron chi connectivity index (χ1n) is 6.78. The predicted molar refractivity (Wildman–Crippen MR) is 77.1 cm³/mol. The number of carbonyl (C=O) groups is 1. The molecule has 0 saturated heterocycles. The van der Waals surface area contributed by atoms with E-state index in [1.165, 1.54) is 15.9 Å². The molecule has 1 atom stereocenters. The van der Waals surface area contributed by atoms with Crippen molar-refractivity contribution in [2.24, 2.45) is 5.92 Å². The number of nitrogens with zero attached hydrogens (tertiary/aromatic N) is 4. The van der Waals surface area contributed by atoms with Crippen molar-refractivity contribution in [3.63, 3.8) is 0 Å². The summed E-state index contributed by atoms with van der Waals surface area (Å²) in [7, 11) is 0. The summed E-state index contributed by atoms with van der Waals surface area (Å²) in [5.41, 5.74) is 0. The zero-order chi connectivity index (χ0) is 14.4. The number of hydrogen-bond donors (Lipinski definition) is 1. The molecule has 0 aliphatic heterocycles. The Morgan fingerprint density at radius 2 is 2.25 bits per heavy atom. The van der Waals surface area contributed by atoms with E-state index < -0.39 is 0 Å². The number of nitrogens with one attached hydrogen (secondary N) is 1. The molecular formula is C13H19N5OS. The van der Waals surface area contributed by atoms with Crippen LogP contribution in [0.2, 0.25) is 0 Å². The van der Waals surface area contributed by atoms with E-state index in [1.807, 2.05) is 11.4 Å². The van der Waals surface area contributed by atoms with Gasteiger partial charge in [0.15, 0.2) is 0 Å². The van der Waals surface area contributed by atoms with Crippen molar-refractivity contribution in [2.75, 3.05) is 0 Å². The lowest BCUT2D eigenvalue weighted by Crippen LogP contribution is -2.35. The highest BCUT2D eigenvalue weighted by Crippen LogP contribution is 2.30. The number of thiophene rings is 1. The Hall–Kier alpha value is -1.76. The lowest BCUT2D eigenvalue weighted by molar-refractivity contribution is -0.123. The fourth-order valence-electron chi connectivity index (χ4n) is 2.27. The highest BCUT2D eigenvalue weighted by molar-refractivity contribution is 7.10. The monoisotopic (exact) mass is 293 g/mol. The number of aromatic nitrogens is 4. The summed E-state index contributed by atoms with van der Waals surface area (Å²) in [4.78, 5) is 13.3. The highest BCUT2D eigenvalue weighted by atomic mass is 32.1. The van der Waals surface area contributed by atoms with Crippen molar-refractivity contribution in [3.8, 4) is 0 Å². The van der Waals surface area contributed by atoms with Gasteiger partial charge < -0.3 is 5.32 Å². The largest absolute Gasteiger partial charge is 0.347 e. The second-order valence-electron chi connectivity index (χ2n) is 4.64. The topological polar surface area (TPSA) is 72.7 Å². The van der Waals surface area contributed by atoms with Gasteiger partial charge in [0, 0.05) is 4.88 Å². The summed E-state index contributed by atoms with van der Waals surface area (Å²) in [6.45, 7) is 4.46. The quantitative estimate of drug-likeness (QED) is 0.847. The second kappa shape index (κ2) is 7.14. The normalized spacial score (nSPS) is 12.6. The van der Waals surface area contributed by atoms with Crippen LogP contribution in [0.15, 0.2) is 23.8 Å². The average molecular weight is 293 g/mol. The van der Waals surface area contributed by atoms with Crippen molar-refractivity contribution in [2.45, 2.75) is 39.3 Å². The van der Waals surface area contributed by atoms with Crippen LogP contribution in [0.3, 0.4) is 0 Å². The number of tetrazole rings is 1. The van der Waals surface area contributed by atoms with Crippen LogP contribution in [0.25, 0.3) is 0 Å². The van der Waals surface area contributed by atoms with Crippen molar-refractivity contribution < 1.29 is 4.79 Å². The fraction of sp³-hybridized carbons (Fsp3) is 0.538. The molecular weight excluding hydrogens is 274 g/mol. The number of hydrogen-bond acceptors (Lipinski definition) is 5. The van der Waals surface area contributed by atoms with Gasteiger partial charge in [-0.3, -0.25) is 4.79 Å². The Balaban J connectivity index is 2.05. The van der Waals surface area contributed by atoms with Gasteiger partial charge in [0.1, 0.15) is 12.9 Å². The lowest BCUT2D eigenvalue weighted by atomic mass is 9.93. The Morgan fingerprint density at radius 1 is 1.45 bits per heavy atom. The van der Waals surface area contributed by atoms with Crippen LogP contribution in [-0.2, 0) is 11.3 Å². The van der Waals surface area contributed by atoms with Crippen LogP contribution in [0.1, 0.15) is 37.6 Å². The molecule has 0 aliphatic carbocycles. The van der Waals surface area contributed by atoms with Crippen molar-refractivity contribution in [1.29, 1.82) is 0 Å². The van der Waals surface area contributed by atoms with E-state index in [0.29, 0.717) is 5.92 Å².